The zero-order valence-corrected chi connectivity index (χ0v) is 13.9. The maximum Gasteiger partial charge on any atom is 0.228 e. The summed E-state index contributed by atoms with van der Waals surface area (Å²) in [7, 11) is 4.01. The van der Waals surface area contributed by atoms with Gasteiger partial charge in [0.2, 0.25) is 5.91 Å². The average molecular weight is 311 g/mol. The molecule has 0 aromatic heterocycles. The number of anilines is 1. The minimum absolute atomic E-state index is 0.0504. The number of hydrogen-bond acceptors (Lipinski definition) is 3. The summed E-state index contributed by atoms with van der Waals surface area (Å²) in [5.74, 6) is 0.0504. The minimum atomic E-state index is -0.283. The van der Waals surface area contributed by atoms with E-state index in [-0.39, 0.29) is 11.9 Å². The molecule has 2 aromatic carbocycles. The Balaban J connectivity index is 2.10. The van der Waals surface area contributed by atoms with Crippen molar-refractivity contribution in [2.24, 2.45) is 5.73 Å². The van der Waals surface area contributed by atoms with Crippen molar-refractivity contribution in [3.8, 4) is 0 Å². The highest BCUT2D eigenvalue weighted by molar-refractivity contribution is 5.93. The third kappa shape index (κ3) is 5.20. The van der Waals surface area contributed by atoms with Crippen LogP contribution in [0.1, 0.15) is 18.0 Å². The zero-order chi connectivity index (χ0) is 16.7. The van der Waals surface area contributed by atoms with Gasteiger partial charge in [0.25, 0.3) is 0 Å². The molecule has 4 nitrogen and oxygen atoms in total. The third-order valence-electron chi connectivity index (χ3n) is 3.76. The molecule has 0 aliphatic rings. The Morgan fingerprint density at radius 3 is 2.09 bits per heavy atom. The molecule has 2 rings (SSSR count). The number of likely N-dealkylation sites (N-methyl/N-ethyl adjacent to an activating group) is 1. The summed E-state index contributed by atoms with van der Waals surface area (Å²) >= 11 is 0. The molecule has 1 amide bonds. The molecule has 2 aromatic rings. The molecule has 0 radical (unpaired) electrons. The van der Waals surface area contributed by atoms with E-state index >= 15 is 0 Å². The van der Waals surface area contributed by atoms with Crippen LogP contribution >= 0.6 is 0 Å². The van der Waals surface area contributed by atoms with E-state index in [1.54, 1.807) is 0 Å². The van der Waals surface area contributed by atoms with Gasteiger partial charge in [-0.3, -0.25) is 4.79 Å². The molecular weight excluding hydrogens is 286 g/mol. The second-order valence-electron chi connectivity index (χ2n) is 5.91. The van der Waals surface area contributed by atoms with Crippen LogP contribution < -0.4 is 10.6 Å². The number of amides is 1. The number of rotatable bonds is 7. The number of para-hydroxylation sites is 1. The summed E-state index contributed by atoms with van der Waals surface area (Å²) in [4.78, 5) is 16.7. The predicted octanol–water partition coefficient (Wildman–Crippen LogP) is 2.67. The second kappa shape index (κ2) is 8.46. The zero-order valence-electron chi connectivity index (χ0n) is 13.9. The maximum absolute atomic E-state index is 12.8. The van der Waals surface area contributed by atoms with Gasteiger partial charge in [0.15, 0.2) is 0 Å². The Labute approximate surface area is 138 Å². The molecule has 23 heavy (non-hydrogen) atoms. The van der Waals surface area contributed by atoms with Gasteiger partial charge in [-0.15, -0.1) is 0 Å². The van der Waals surface area contributed by atoms with Crippen molar-refractivity contribution < 1.29 is 4.79 Å². The molecule has 122 valence electrons. The molecule has 0 aliphatic carbocycles. The summed E-state index contributed by atoms with van der Waals surface area (Å²) in [6.07, 6.45) is 0.298. The fraction of sp³-hybridized carbons (Fsp3) is 0.316. The first kappa shape index (κ1) is 17.2. The smallest absolute Gasteiger partial charge is 0.228 e. The molecule has 0 fully saturated rings. The molecule has 4 heteroatoms. The number of nitrogens with two attached hydrogens (primary N) is 1. The van der Waals surface area contributed by atoms with Gasteiger partial charge in [0.05, 0.1) is 0 Å². The van der Waals surface area contributed by atoms with Crippen LogP contribution in [-0.4, -0.2) is 38.0 Å². The SMILES string of the molecule is CN(C)CCN(C(=O)CC(N)c1ccccc1)c1ccccc1. The lowest BCUT2D eigenvalue weighted by atomic mass is 10.0. The third-order valence-corrected chi connectivity index (χ3v) is 3.76. The highest BCUT2D eigenvalue weighted by atomic mass is 16.2. The van der Waals surface area contributed by atoms with Crippen LogP contribution in [0.25, 0.3) is 0 Å². The van der Waals surface area contributed by atoms with E-state index in [0.717, 1.165) is 17.8 Å². The van der Waals surface area contributed by atoms with Crippen LogP contribution in [-0.2, 0) is 4.79 Å². The summed E-state index contributed by atoms with van der Waals surface area (Å²) in [5, 5.41) is 0. The first-order chi connectivity index (χ1) is 11.1. The van der Waals surface area contributed by atoms with Gasteiger partial charge in [0.1, 0.15) is 0 Å². The van der Waals surface area contributed by atoms with E-state index < -0.39 is 0 Å². The van der Waals surface area contributed by atoms with Crippen molar-refractivity contribution in [2.45, 2.75) is 12.5 Å². The first-order valence-corrected chi connectivity index (χ1v) is 7.88. The highest BCUT2D eigenvalue weighted by Gasteiger charge is 2.19. The molecule has 0 saturated heterocycles. The number of nitrogens with zero attached hydrogens (tertiary/aromatic N) is 2. The average Bonchev–Trinajstić information content (AvgIpc) is 2.56. The highest BCUT2D eigenvalue weighted by Crippen LogP contribution is 2.19. The second-order valence-corrected chi connectivity index (χ2v) is 5.91. The van der Waals surface area contributed by atoms with Crippen LogP contribution in [0, 0.1) is 0 Å². The van der Waals surface area contributed by atoms with Gasteiger partial charge >= 0.3 is 0 Å². The molecule has 0 saturated carbocycles. The molecule has 1 unspecified atom stereocenters. The molecule has 0 aliphatic heterocycles. The van der Waals surface area contributed by atoms with Crippen molar-refractivity contribution >= 4 is 11.6 Å². The van der Waals surface area contributed by atoms with Crippen LogP contribution in [0.4, 0.5) is 5.69 Å². The summed E-state index contributed by atoms with van der Waals surface area (Å²) in [5.41, 5.74) is 8.11. The predicted molar refractivity (Wildman–Crippen MR) is 95.3 cm³/mol. The Morgan fingerprint density at radius 2 is 1.52 bits per heavy atom. The minimum Gasteiger partial charge on any atom is -0.324 e. The monoisotopic (exact) mass is 311 g/mol. The molecule has 1 atom stereocenters. The first-order valence-electron chi connectivity index (χ1n) is 7.88. The maximum atomic E-state index is 12.8. The van der Waals surface area contributed by atoms with Crippen molar-refractivity contribution in [2.75, 3.05) is 32.1 Å². The fourth-order valence-electron chi connectivity index (χ4n) is 2.42. The van der Waals surface area contributed by atoms with Crippen LogP contribution in [0.2, 0.25) is 0 Å². The van der Waals surface area contributed by atoms with Gasteiger partial charge in [-0.05, 0) is 31.8 Å². The van der Waals surface area contributed by atoms with E-state index in [9.17, 15) is 4.79 Å². The summed E-state index contributed by atoms with van der Waals surface area (Å²) in [6, 6.07) is 19.2. The van der Waals surface area contributed by atoms with Crippen molar-refractivity contribution in [1.29, 1.82) is 0 Å². The van der Waals surface area contributed by atoms with Crippen LogP contribution in [0.5, 0.6) is 0 Å². The Bertz CT molecular complexity index is 599. The Kier molecular flexibility index (Phi) is 6.32. The largest absolute Gasteiger partial charge is 0.324 e. The topological polar surface area (TPSA) is 49.6 Å². The molecule has 0 spiro atoms. The Morgan fingerprint density at radius 1 is 0.957 bits per heavy atom. The van der Waals surface area contributed by atoms with Gasteiger partial charge < -0.3 is 15.5 Å². The van der Waals surface area contributed by atoms with Crippen LogP contribution in [0.15, 0.2) is 60.7 Å². The summed E-state index contributed by atoms with van der Waals surface area (Å²) < 4.78 is 0. The molecular formula is C19H25N3O. The molecule has 2 N–H and O–H groups in total. The number of benzene rings is 2. The van der Waals surface area contributed by atoms with E-state index in [4.69, 9.17) is 5.73 Å². The number of carbonyl (C=O) groups excluding carboxylic acids is 1. The van der Waals surface area contributed by atoms with Crippen molar-refractivity contribution in [3.05, 3.63) is 66.2 Å². The van der Waals surface area contributed by atoms with Crippen molar-refractivity contribution in [1.82, 2.24) is 4.90 Å². The Hall–Kier alpha value is -2.17. The van der Waals surface area contributed by atoms with E-state index in [0.29, 0.717) is 13.0 Å². The number of hydrogen-bond donors (Lipinski definition) is 1. The molecule has 0 heterocycles. The van der Waals surface area contributed by atoms with Gasteiger partial charge in [-0.1, -0.05) is 48.5 Å². The normalized spacial score (nSPS) is 12.2. The molecule has 0 bridgehead atoms. The van der Waals surface area contributed by atoms with Gasteiger partial charge in [-0.2, -0.15) is 0 Å². The van der Waals surface area contributed by atoms with E-state index in [1.165, 1.54) is 0 Å². The lowest BCUT2D eigenvalue weighted by Gasteiger charge is -2.26. The quantitative estimate of drug-likeness (QED) is 0.855. The van der Waals surface area contributed by atoms with Crippen LogP contribution in [0.3, 0.4) is 0 Å². The van der Waals surface area contributed by atoms with E-state index in [2.05, 4.69) is 4.90 Å². The van der Waals surface area contributed by atoms with E-state index in [1.807, 2.05) is 79.7 Å². The fourth-order valence-corrected chi connectivity index (χ4v) is 2.42. The lowest BCUT2D eigenvalue weighted by Crippen LogP contribution is -2.38. The van der Waals surface area contributed by atoms with Gasteiger partial charge in [-0.25, -0.2) is 0 Å². The standard InChI is InChI=1S/C19H25N3O/c1-21(2)13-14-22(17-11-7-4-8-12-17)19(23)15-18(20)16-9-5-3-6-10-16/h3-12,18H,13-15,20H2,1-2H3. The van der Waals surface area contributed by atoms with Gasteiger partial charge in [0, 0.05) is 31.2 Å². The van der Waals surface area contributed by atoms with Crippen molar-refractivity contribution in [3.63, 3.8) is 0 Å². The summed E-state index contributed by atoms with van der Waals surface area (Å²) in [6.45, 7) is 1.46. The lowest BCUT2D eigenvalue weighted by molar-refractivity contribution is -0.119. The number of carbonyl (C=O) groups is 1.